The maximum Gasteiger partial charge on any atom is 0.317 e. The van der Waals surface area contributed by atoms with Gasteiger partial charge in [-0.3, -0.25) is 14.5 Å². The lowest BCUT2D eigenvalue weighted by molar-refractivity contribution is -0.191. The average molecular weight is 474 g/mol. The number of nitrogens with zero attached hydrogens (tertiary/aromatic N) is 1. The van der Waals surface area contributed by atoms with Crippen LogP contribution < -0.4 is 0 Å². The molecule has 0 bridgehead atoms. The van der Waals surface area contributed by atoms with Crippen LogP contribution in [-0.4, -0.2) is 79.8 Å². The van der Waals surface area contributed by atoms with Crippen molar-refractivity contribution in [2.24, 2.45) is 29.6 Å². The number of aliphatic hydroxyl groups excluding tert-OH is 1. The zero-order valence-corrected chi connectivity index (χ0v) is 21.9. The van der Waals surface area contributed by atoms with E-state index in [2.05, 4.69) is 0 Å². The van der Waals surface area contributed by atoms with E-state index >= 15 is 0 Å². The molecule has 0 aliphatic carbocycles. The molecule has 1 saturated heterocycles. The topological polar surface area (TPSA) is 128 Å². The second-order valence-electron chi connectivity index (χ2n) is 11.0. The predicted octanol–water partition coefficient (Wildman–Crippen LogP) is 2.53. The molecule has 0 saturated carbocycles. The highest BCUT2D eigenvalue weighted by Gasteiger charge is 2.46. The van der Waals surface area contributed by atoms with E-state index in [9.17, 15) is 30.0 Å². The fraction of sp³-hybridized carbons (Fsp3) is 0.920. The van der Waals surface area contributed by atoms with E-state index in [1.165, 1.54) is 6.92 Å². The van der Waals surface area contributed by atoms with Crippen LogP contribution in [0.4, 0.5) is 0 Å². The van der Waals surface area contributed by atoms with E-state index in [-0.39, 0.29) is 30.2 Å². The van der Waals surface area contributed by atoms with Gasteiger partial charge in [-0.25, -0.2) is 0 Å². The fourth-order valence-electron chi connectivity index (χ4n) is 5.34. The highest BCUT2D eigenvalue weighted by atomic mass is 16.6. The summed E-state index contributed by atoms with van der Waals surface area (Å²) >= 11 is 0. The Kier molecular flexibility index (Phi) is 10.4. The van der Waals surface area contributed by atoms with E-state index in [0.29, 0.717) is 19.4 Å². The van der Waals surface area contributed by atoms with Crippen LogP contribution in [0.1, 0.15) is 75.2 Å². The number of carboxylic acids is 1. The van der Waals surface area contributed by atoms with Crippen LogP contribution in [0.25, 0.3) is 0 Å². The number of carboxylic acid groups (broad SMARTS) is 1. The Morgan fingerprint density at radius 2 is 1.64 bits per heavy atom. The monoisotopic (exact) mass is 473 g/mol. The molecule has 8 nitrogen and oxygen atoms in total. The van der Waals surface area contributed by atoms with E-state index < -0.39 is 47.3 Å². The van der Waals surface area contributed by atoms with Crippen molar-refractivity contribution in [3.63, 3.8) is 0 Å². The van der Waals surface area contributed by atoms with Gasteiger partial charge in [0, 0.05) is 12.6 Å². The molecular formula is C25H47NO7. The first kappa shape index (κ1) is 29.8. The van der Waals surface area contributed by atoms with Gasteiger partial charge in [-0.05, 0) is 57.3 Å². The van der Waals surface area contributed by atoms with Crippen molar-refractivity contribution in [2.45, 2.75) is 105 Å². The third-order valence-electron chi connectivity index (χ3n) is 8.32. The minimum Gasteiger partial charge on any atom is -0.480 e. The molecule has 0 unspecified atom stereocenters. The van der Waals surface area contributed by atoms with Crippen molar-refractivity contribution >= 4 is 11.9 Å². The Labute approximate surface area is 199 Å². The number of cyclic esters (lactones) is 1. The van der Waals surface area contributed by atoms with Crippen molar-refractivity contribution < 1.29 is 34.8 Å². The number of aliphatic hydroxyl groups is 3. The summed E-state index contributed by atoms with van der Waals surface area (Å²) in [6.07, 6.45) is -1.60. The number of aliphatic carboxylic acids is 1. The van der Waals surface area contributed by atoms with Crippen LogP contribution in [0.15, 0.2) is 0 Å². The summed E-state index contributed by atoms with van der Waals surface area (Å²) in [5, 5.41) is 43.2. The van der Waals surface area contributed by atoms with Gasteiger partial charge in [-0.15, -0.1) is 0 Å². The first-order chi connectivity index (χ1) is 15.0. The SMILES string of the molecule is CC[C@H]1OC(=O)[C@H](C)[C@@H](C)[C@H](C)[C@@H](C)[C@](C)(O)C[C@@H](C)CN(CC(=O)O)[C@H](C)[C@@H](O)[C@]1(C)O. The largest absolute Gasteiger partial charge is 0.480 e. The second-order valence-corrected chi connectivity index (χ2v) is 11.0. The Balaban J connectivity index is 3.49. The Hall–Kier alpha value is -1.22. The molecule has 0 aromatic rings. The Morgan fingerprint density at radius 1 is 1.09 bits per heavy atom. The van der Waals surface area contributed by atoms with E-state index in [4.69, 9.17) is 4.74 Å². The first-order valence-electron chi connectivity index (χ1n) is 12.3. The van der Waals surface area contributed by atoms with Gasteiger partial charge in [0.15, 0.2) is 0 Å². The maximum absolute atomic E-state index is 13.0. The lowest BCUT2D eigenvalue weighted by Gasteiger charge is -2.42. The van der Waals surface area contributed by atoms with Crippen molar-refractivity contribution in [2.75, 3.05) is 13.1 Å². The lowest BCUT2D eigenvalue weighted by Crippen LogP contribution is -2.60. The number of rotatable bonds is 3. The molecule has 1 heterocycles. The van der Waals surface area contributed by atoms with Gasteiger partial charge in [0.05, 0.1) is 18.1 Å². The Bertz CT molecular complexity index is 665. The van der Waals surface area contributed by atoms with Crippen LogP contribution in [-0.2, 0) is 14.3 Å². The number of esters is 1. The van der Waals surface area contributed by atoms with Crippen LogP contribution in [0.2, 0.25) is 0 Å². The van der Waals surface area contributed by atoms with Crippen molar-refractivity contribution in [3.8, 4) is 0 Å². The molecule has 0 radical (unpaired) electrons. The van der Waals surface area contributed by atoms with Gasteiger partial charge in [-0.1, -0.05) is 41.5 Å². The van der Waals surface area contributed by atoms with Crippen LogP contribution >= 0.6 is 0 Å². The normalized spacial score (nSPS) is 45.0. The molecule has 1 aliphatic rings. The Morgan fingerprint density at radius 3 is 2.12 bits per heavy atom. The number of carbonyl (C=O) groups excluding carboxylic acids is 1. The smallest absolute Gasteiger partial charge is 0.317 e. The minimum absolute atomic E-state index is 0.0000938. The molecule has 1 fully saturated rings. The maximum atomic E-state index is 13.0. The molecule has 10 atom stereocenters. The number of hydrogen-bond acceptors (Lipinski definition) is 7. The van der Waals surface area contributed by atoms with Crippen LogP contribution in [0.5, 0.6) is 0 Å². The first-order valence-corrected chi connectivity index (χ1v) is 12.3. The molecule has 0 aromatic carbocycles. The quantitative estimate of drug-likeness (QED) is 0.461. The van der Waals surface area contributed by atoms with Gasteiger partial charge in [0.2, 0.25) is 0 Å². The average Bonchev–Trinajstić information content (AvgIpc) is 2.71. The standard InChI is InChI=1S/C25H47NO7/c1-10-20-25(9,32)22(29)19(7)26(13-21(27)28)12-14(2)11-24(8,31)18(6)16(4)15(3)17(5)23(30)33-20/h14-20,22,29,31-32H,10-13H2,1-9H3,(H,27,28)/t14-,15+,16+,17-,18-,19-,20-,22-,24-,25-/m1/s1. The van der Waals surface area contributed by atoms with E-state index in [0.717, 1.165) is 0 Å². The summed E-state index contributed by atoms with van der Waals surface area (Å²) in [4.78, 5) is 26.2. The zero-order valence-electron chi connectivity index (χ0n) is 21.9. The van der Waals surface area contributed by atoms with Gasteiger partial charge >= 0.3 is 11.9 Å². The van der Waals surface area contributed by atoms with Crippen LogP contribution in [0.3, 0.4) is 0 Å². The molecular weight excluding hydrogens is 426 g/mol. The van der Waals surface area contributed by atoms with Gasteiger partial charge < -0.3 is 25.2 Å². The second kappa shape index (κ2) is 11.5. The van der Waals surface area contributed by atoms with Gasteiger partial charge in [0.25, 0.3) is 0 Å². The summed E-state index contributed by atoms with van der Waals surface area (Å²) in [6, 6.07) is -0.728. The number of carbonyl (C=O) groups is 2. The van der Waals surface area contributed by atoms with E-state index in [1.807, 2.05) is 27.7 Å². The zero-order chi connectivity index (χ0) is 25.9. The molecule has 4 N–H and O–H groups in total. The van der Waals surface area contributed by atoms with Crippen LogP contribution in [0, 0.1) is 29.6 Å². The minimum atomic E-state index is -1.78. The van der Waals surface area contributed by atoms with Crippen molar-refractivity contribution in [3.05, 3.63) is 0 Å². The molecule has 0 spiro atoms. The molecule has 194 valence electrons. The van der Waals surface area contributed by atoms with Crippen molar-refractivity contribution in [1.82, 2.24) is 4.90 Å². The third-order valence-corrected chi connectivity index (χ3v) is 8.32. The van der Waals surface area contributed by atoms with Gasteiger partial charge in [-0.2, -0.15) is 0 Å². The predicted molar refractivity (Wildman–Crippen MR) is 127 cm³/mol. The van der Waals surface area contributed by atoms with Crippen molar-refractivity contribution in [1.29, 1.82) is 0 Å². The number of ether oxygens (including phenoxy) is 1. The molecule has 1 rings (SSSR count). The molecule has 0 amide bonds. The highest BCUT2D eigenvalue weighted by Crippen LogP contribution is 2.38. The molecule has 8 heteroatoms. The molecule has 33 heavy (non-hydrogen) atoms. The highest BCUT2D eigenvalue weighted by molar-refractivity contribution is 5.72. The van der Waals surface area contributed by atoms with Gasteiger partial charge in [0.1, 0.15) is 17.8 Å². The summed E-state index contributed by atoms with van der Waals surface area (Å²) in [5.41, 5.74) is -2.82. The summed E-state index contributed by atoms with van der Waals surface area (Å²) in [7, 11) is 0. The van der Waals surface area contributed by atoms with E-state index in [1.54, 1.807) is 32.6 Å². The summed E-state index contributed by atoms with van der Waals surface area (Å²) < 4.78 is 5.72. The lowest BCUT2D eigenvalue weighted by atomic mass is 9.70. The number of hydrogen-bond donors (Lipinski definition) is 4. The fourth-order valence-corrected chi connectivity index (χ4v) is 5.34. The molecule has 0 aromatic heterocycles. The molecule has 1 aliphatic heterocycles. The summed E-state index contributed by atoms with van der Waals surface area (Å²) in [5.74, 6) is -2.27. The third kappa shape index (κ3) is 7.13. The summed E-state index contributed by atoms with van der Waals surface area (Å²) in [6.45, 7) is 16.4.